The summed E-state index contributed by atoms with van der Waals surface area (Å²) in [5, 5.41) is 20.8. The van der Waals surface area contributed by atoms with Crippen LogP contribution in [0.4, 0.5) is 4.79 Å². The number of pyridine rings is 1. The number of carboxylic acids is 1. The number of piperidine rings is 1. The molecule has 1 aromatic carbocycles. The van der Waals surface area contributed by atoms with Crippen molar-refractivity contribution in [3.63, 3.8) is 0 Å². The molecule has 0 aliphatic carbocycles. The van der Waals surface area contributed by atoms with E-state index in [9.17, 15) is 9.59 Å². The second-order valence-corrected chi connectivity index (χ2v) is 9.04. The standard InChI is InChI=1S/C22H24N6O4S/c1-15-3-2-4-17(23-15)13-16-5-7-18(8-6-16)32-22(31)27-11-9-19(10-12-27)33-21-24-25-26-28(21)14-20(29)30/h2-8,19H,9-14H2,1H3,(H,29,30). The Kier molecular flexibility index (Phi) is 7.18. The highest BCUT2D eigenvalue weighted by Gasteiger charge is 2.26. The van der Waals surface area contributed by atoms with Gasteiger partial charge >= 0.3 is 12.1 Å². The van der Waals surface area contributed by atoms with Crippen molar-refractivity contribution in [2.45, 2.75) is 43.1 Å². The summed E-state index contributed by atoms with van der Waals surface area (Å²) in [6, 6.07) is 13.4. The molecule has 0 atom stereocenters. The smallest absolute Gasteiger partial charge is 0.415 e. The zero-order chi connectivity index (χ0) is 23.2. The Hall–Kier alpha value is -3.47. The largest absolute Gasteiger partial charge is 0.480 e. The molecule has 1 amide bonds. The Balaban J connectivity index is 1.25. The maximum absolute atomic E-state index is 12.6. The normalized spacial score (nSPS) is 14.3. The molecule has 1 fully saturated rings. The number of ether oxygens (including phenoxy) is 1. The maximum Gasteiger partial charge on any atom is 0.415 e. The van der Waals surface area contributed by atoms with E-state index in [0.29, 0.717) is 24.0 Å². The van der Waals surface area contributed by atoms with Crippen LogP contribution in [0.1, 0.15) is 29.8 Å². The molecular weight excluding hydrogens is 444 g/mol. The number of tetrazole rings is 1. The minimum atomic E-state index is -0.999. The number of carbonyl (C=O) groups excluding carboxylic acids is 1. The summed E-state index contributed by atoms with van der Waals surface area (Å²) >= 11 is 1.44. The van der Waals surface area contributed by atoms with Gasteiger partial charge in [-0.1, -0.05) is 30.0 Å². The summed E-state index contributed by atoms with van der Waals surface area (Å²) < 4.78 is 6.82. The van der Waals surface area contributed by atoms with Crippen molar-refractivity contribution in [2.24, 2.45) is 0 Å². The molecule has 0 radical (unpaired) electrons. The van der Waals surface area contributed by atoms with Crippen molar-refractivity contribution in [3.8, 4) is 5.75 Å². The molecule has 3 heterocycles. The molecule has 3 aromatic rings. The van der Waals surface area contributed by atoms with Gasteiger partial charge < -0.3 is 14.7 Å². The van der Waals surface area contributed by atoms with Crippen LogP contribution in [-0.4, -0.2) is 65.6 Å². The molecule has 11 heteroatoms. The third-order valence-electron chi connectivity index (χ3n) is 5.22. The lowest BCUT2D eigenvalue weighted by molar-refractivity contribution is -0.138. The molecule has 4 rings (SSSR count). The van der Waals surface area contributed by atoms with E-state index in [4.69, 9.17) is 9.84 Å². The zero-order valence-corrected chi connectivity index (χ0v) is 18.9. The number of aliphatic carboxylic acids is 1. The molecule has 0 bridgehead atoms. The zero-order valence-electron chi connectivity index (χ0n) is 18.1. The van der Waals surface area contributed by atoms with E-state index >= 15 is 0 Å². The van der Waals surface area contributed by atoms with Crippen molar-refractivity contribution in [1.82, 2.24) is 30.1 Å². The van der Waals surface area contributed by atoms with Crippen LogP contribution in [0, 0.1) is 6.92 Å². The topological polar surface area (TPSA) is 123 Å². The molecule has 1 saturated heterocycles. The molecule has 1 N–H and O–H groups in total. The number of carboxylic acid groups (broad SMARTS) is 1. The fourth-order valence-corrected chi connectivity index (χ4v) is 4.61. The fourth-order valence-electron chi connectivity index (χ4n) is 3.56. The molecule has 33 heavy (non-hydrogen) atoms. The van der Waals surface area contributed by atoms with Crippen LogP contribution in [0.3, 0.4) is 0 Å². The predicted molar refractivity (Wildman–Crippen MR) is 120 cm³/mol. The molecule has 0 saturated carbocycles. The van der Waals surface area contributed by atoms with Crippen LogP contribution in [0.25, 0.3) is 0 Å². The fraction of sp³-hybridized carbons (Fsp3) is 0.364. The Bertz CT molecular complexity index is 1110. The summed E-state index contributed by atoms with van der Waals surface area (Å²) in [6.45, 7) is 2.79. The first-order valence-electron chi connectivity index (χ1n) is 10.6. The number of aryl methyl sites for hydroxylation is 1. The van der Waals surface area contributed by atoms with Gasteiger partial charge in [0.2, 0.25) is 5.16 Å². The van der Waals surface area contributed by atoms with Crippen LogP contribution in [0.5, 0.6) is 5.75 Å². The number of aromatic nitrogens is 5. The molecule has 0 unspecified atom stereocenters. The summed E-state index contributed by atoms with van der Waals surface area (Å²) in [5.74, 6) is -0.494. The number of rotatable bonds is 7. The Labute approximate surface area is 195 Å². The van der Waals surface area contributed by atoms with Gasteiger partial charge in [0, 0.05) is 36.1 Å². The molecule has 2 aromatic heterocycles. The SMILES string of the molecule is Cc1cccc(Cc2ccc(OC(=O)N3CCC(Sc4nnnn4CC(=O)O)CC3)cc2)n1. The third kappa shape index (κ3) is 6.28. The number of nitrogens with zero attached hydrogens (tertiary/aromatic N) is 6. The predicted octanol–water partition coefficient (Wildman–Crippen LogP) is 2.81. The Morgan fingerprint density at radius 3 is 2.61 bits per heavy atom. The van der Waals surface area contributed by atoms with Crippen molar-refractivity contribution in [2.75, 3.05) is 13.1 Å². The van der Waals surface area contributed by atoms with Crippen LogP contribution >= 0.6 is 11.8 Å². The van der Waals surface area contributed by atoms with Gasteiger partial charge in [0.25, 0.3) is 0 Å². The maximum atomic E-state index is 12.6. The van der Waals surface area contributed by atoms with E-state index in [1.54, 1.807) is 17.0 Å². The number of likely N-dealkylation sites (tertiary alicyclic amines) is 1. The summed E-state index contributed by atoms with van der Waals surface area (Å²) in [4.78, 5) is 29.7. The summed E-state index contributed by atoms with van der Waals surface area (Å²) in [6.07, 6.45) is 1.82. The van der Waals surface area contributed by atoms with Gasteiger partial charge in [-0.15, -0.1) is 5.10 Å². The number of benzene rings is 1. The van der Waals surface area contributed by atoms with Gasteiger partial charge in [0.1, 0.15) is 12.3 Å². The van der Waals surface area contributed by atoms with Gasteiger partial charge in [0.15, 0.2) is 0 Å². The average Bonchev–Trinajstić information content (AvgIpc) is 3.21. The van der Waals surface area contributed by atoms with E-state index in [1.165, 1.54) is 16.4 Å². The molecule has 10 nitrogen and oxygen atoms in total. The van der Waals surface area contributed by atoms with Gasteiger partial charge in [0.05, 0.1) is 0 Å². The molecule has 1 aliphatic heterocycles. The monoisotopic (exact) mass is 468 g/mol. The minimum Gasteiger partial charge on any atom is -0.480 e. The van der Waals surface area contributed by atoms with Gasteiger partial charge in [-0.25, -0.2) is 9.48 Å². The van der Waals surface area contributed by atoms with Crippen LogP contribution < -0.4 is 4.74 Å². The van der Waals surface area contributed by atoms with Gasteiger partial charge in [-0.3, -0.25) is 9.78 Å². The van der Waals surface area contributed by atoms with Crippen LogP contribution in [0.2, 0.25) is 0 Å². The Morgan fingerprint density at radius 2 is 1.91 bits per heavy atom. The summed E-state index contributed by atoms with van der Waals surface area (Å²) in [5.41, 5.74) is 3.08. The highest BCUT2D eigenvalue weighted by molar-refractivity contribution is 7.99. The number of carbonyl (C=O) groups is 2. The Morgan fingerprint density at radius 1 is 1.15 bits per heavy atom. The lowest BCUT2D eigenvalue weighted by atomic mass is 10.1. The van der Waals surface area contributed by atoms with Crippen molar-refractivity contribution in [1.29, 1.82) is 0 Å². The second kappa shape index (κ2) is 10.4. The first kappa shape index (κ1) is 22.7. The van der Waals surface area contributed by atoms with E-state index in [1.807, 2.05) is 37.3 Å². The van der Waals surface area contributed by atoms with Gasteiger partial charge in [-0.05, 0) is 60.0 Å². The number of amides is 1. The van der Waals surface area contributed by atoms with Crippen molar-refractivity contribution >= 4 is 23.8 Å². The first-order chi connectivity index (χ1) is 16.0. The molecule has 0 spiro atoms. The molecular formula is C22H24N6O4S. The molecule has 1 aliphatic rings. The van der Waals surface area contributed by atoms with E-state index in [-0.39, 0.29) is 17.9 Å². The minimum absolute atomic E-state index is 0.196. The van der Waals surface area contributed by atoms with Crippen LogP contribution in [0.15, 0.2) is 47.6 Å². The quantitative estimate of drug-likeness (QED) is 0.557. The summed E-state index contributed by atoms with van der Waals surface area (Å²) in [7, 11) is 0. The van der Waals surface area contributed by atoms with Crippen LogP contribution in [-0.2, 0) is 17.8 Å². The molecule has 172 valence electrons. The number of hydrogen-bond donors (Lipinski definition) is 1. The highest BCUT2D eigenvalue weighted by Crippen LogP contribution is 2.29. The number of thioether (sulfide) groups is 1. The highest BCUT2D eigenvalue weighted by atomic mass is 32.2. The van der Waals surface area contributed by atoms with Crippen molar-refractivity contribution in [3.05, 3.63) is 59.4 Å². The van der Waals surface area contributed by atoms with Crippen molar-refractivity contribution < 1.29 is 19.4 Å². The third-order valence-corrected chi connectivity index (χ3v) is 6.52. The van der Waals surface area contributed by atoms with E-state index in [2.05, 4.69) is 20.5 Å². The van der Waals surface area contributed by atoms with E-state index < -0.39 is 5.97 Å². The lowest BCUT2D eigenvalue weighted by Gasteiger charge is -2.30. The van der Waals surface area contributed by atoms with E-state index in [0.717, 1.165) is 36.2 Å². The average molecular weight is 469 g/mol. The first-order valence-corrected chi connectivity index (χ1v) is 11.5. The number of hydrogen-bond acceptors (Lipinski definition) is 8. The lowest BCUT2D eigenvalue weighted by Crippen LogP contribution is -2.41. The second-order valence-electron chi connectivity index (χ2n) is 7.78. The van der Waals surface area contributed by atoms with Gasteiger partial charge in [-0.2, -0.15) is 0 Å².